The molecule has 0 aromatic heterocycles. The van der Waals surface area contributed by atoms with Crippen molar-refractivity contribution in [3.63, 3.8) is 0 Å². The van der Waals surface area contributed by atoms with Crippen LogP contribution in [0.2, 0.25) is 0 Å². The second-order valence-corrected chi connectivity index (χ2v) is 13.0. The lowest BCUT2D eigenvalue weighted by molar-refractivity contribution is 0.254. The molecular weight excluding hydrogens is 434 g/mol. The van der Waals surface area contributed by atoms with Crippen molar-refractivity contribution in [1.82, 2.24) is 4.90 Å². The first kappa shape index (κ1) is 36.0. The Morgan fingerprint density at radius 1 is 0.333 bits per heavy atom. The van der Waals surface area contributed by atoms with Crippen molar-refractivity contribution in [1.29, 1.82) is 0 Å². The summed E-state index contributed by atoms with van der Waals surface area (Å²) < 4.78 is 0. The van der Waals surface area contributed by atoms with E-state index in [1.165, 1.54) is 180 Å². The topological polar surface area (TPSA) is 3.24 Å². The molecule has 0 unspecified atom stereocenters. The lowest BCUT2D eigenvalue weighted by atomic mass is 10.0. The number of unbranched alkanes of at least 4 members (excludes halogenated alkanes) is 20. The Balaban J connectivity index is 3.75. The molecule has 218 valence electrons. The maximum atomic E-state index is 2.83. The summed E-state index contributed by atoms with van der Waals surface area (Å²) in [5.41, 5.74) is 0. The Morgan fingerprint density at radius 2 is 0.583 bits per heavy atom. The number of hydrogen-bond acceptors (Lipinski definition) is 1. The van der Waals surface area contributed by atoms with Crippen LogP contribution in [0.25, 0.3) is 0 Å². The Kier molecular flexibility index (Phi) is 29.5. The molecule has 0 heterocycles. The molecule has 0 rings (SSSR count). The molecule has 0 fully saturated rings. The average molecular weight is 508 g/mol. The quantitative estimate of drug-likeness (QED) is 0.0873. The van der Waals surface area contributed by atoms with Crippen LogP contribution in [0.5, 0.6) is 0 Å². The van der Waals surface area contributed by atoms with Gasteiger partial charge in [-0.2, -0.15) is 0 Å². The summed E-state index contributed by atoms with van der Waals surface area (Å²) in [6.45, 7) is 15.8. The molecule has 0 aliphatic heterocycles. The van der Waals surface area contributed by atoms with Gasteiger partial charge in [0.25, 0.3) is 0 Å². The highest BCUT2D eigenvalue weighted by Crippen LogP contribution is 2.15. The maximum Gasteiger partial charge on any atom is -0.00187 e. The van der Waals surface area contributed by atoms with E-state index in [1.54, 1.807) is 0 Å². The van der Waals surface area contributed by atoms with Crippen LogP contribution in [0.1, 0.15) is 195 Å². The molecule has 0 saturated carbocycles. The minimum absolute atomic E-state index is 0.889. The summed E-state index contributed by atoms with van der Waals surface area (Å²) in [5.74, 6) is 1.78. The SMILES string of the molecule is CCCCCCCN(CCCCCCCCCCCC(C)C)CCCCCCCCCCCC(C)C. The lowest BCUT2D eigenvalue weighted by Gasteiger charge is -2.22. The standard InChI is InChI=1S/C35H73N/c1-6-7-8-21-26-31-36(32-27-22-17-13-9-11-15-19-24-29-34(2)3)33-28-23-18-14-10-12-16-20-25-30-35(4)5/h34-35H,6-33H2,1-5H3. The maximum absolute atomic E-state index is 2.83. The van der Waals surface area contributed by atoms with Gasteiger partial charge in [0.2, 0.25) is 0 Å². The van der Waals surface area contributed by atoms with Gasteiger partial charge >= 0.3 is 0 Å². The highest BCUT2D eigenvalue weighted by Gasteiger charge is 2.05. The average Bonchev–Trinajstić information content (AvgIpc) is 2.84. The van der Waals surface area contributed by atoms with Crippen molar-refractivity contribution in [2.24, 2.45) is 11.8 Å². The monoisotopic (exact) mass is 508 g/mol. The Morgan fingerprint density at radius 3 is 0.861 bits per heavy atom. The van der Waals surface area contributed by atoms with Gasteiger partial charge in [0.1, 0.15) is 0 Å². The van der Waals surface area contributed by atoms with E-state index in [0.29, 0.717) is 0 Å². The molecular formula is C35H73N. The van der Waals surface area contributed by atoms with E-state index in [0.717, 1.165) is 11.8 Å². The summed E-state index contributed by atoms with van der Waals surface area (Å²) in [5, 5.41) is 0. The third-order valence-electron chi connectivity index (χ3n) is 8.09. The normalized spacial score (nSPS) is 12.0. The van der Waals surface area contributed by atoms with Crippen molar-refractivity contribution in [3.8, 4) is 0 Å². The van der Waals surface area contributed by atoms with Crippen LogP contribution in [0.15, 0.2) is 0 Å². The lowest BCUT2D eigenvalue weighted by Crippen LogP contribution is -2.27. The third-order valence-corrected chi connectivity index (χ3v) is 8.09. The van der Waals surface area contributed by atoms with E-state index >= 15 is 0 Å². The van der Waals surface area contributed by atoms with Crippen LogP contribution in [-0.2, 0) is 0 Å². The first-order valence-corrected chi connectivity index (χ1v) is 17.3. The molecule has 1 heteroatoms. The molecule has 0 N–H and O–H groups in total. The fraction of sp³-hybridized carbons (Fsp3) is 1.00. The molecule has 1 nitrogen and oxygen atoms in total. The molecule has 0 aromatic rings. The molecule has 0 saturated heterocycles. The zero-order valence-electron chi connectivity index (χ0n) is 26.4. The van der Waals surface area contributed by atoms with Crippen LogP contribution in [0.4, 0.5) is 0 Å². The van der Waals surface area contributed by atoms with Gasteiger partial charge in [-0.15, -0.1) is 0 Å². The van der Waals surface area contributed by atoms with Gasteiger partial charge in [-0.05, 0) is 50.7 Å². The van der Waals surface area contributed by atoms with Gasteiger partial charge in [0.15, 0.2) is 0 Å². The van der Waals surface area contributed by atoms with Gasteiger partial charge in [-0.3, -0.25) is 0 Å². The fourth-order valence-electron chi connectivity index (χ4n) is 5.53. The van der Waals surface area contributed by atoms with Crippen molar-refractivity contribution >= 4 is 0 Å². The summed E-state index contributed by atoms with van der Waals surface area (Å²) in [6, 6.07) is 0. The predicted octanol–water partition coefficient (Wildman–Crippen LogP) is 12.4. The first-order valence-electron chi connectivity index (χ1n) is 17.3. The van der Waals surface area contributed by atoms with E-state index in [9.17, 15) is 0 Å². The second-order valence-electron chi connectivity index (χ2n) is 13.0. The van der Waals surface area contributed by atoms with Crippen LogP contribution in [-0.4, -0.2) is 24.5 Å². The Hall–Kier alpha value is -0.0400. The molecule has 0 spiro atoms. The van der Waals surface area contributed by atoms with Gasteiger partial charge in [-0.25, -0.2) is 0 Å². The van der Waals surface area contributed by atoms with E-state index in [4.69, 9.17) is 0 Å². The first-order chi connectivity index (χ1) is 17.6. The van der Waals surface area contributed by atoms with Gasteiger partial charge in [0.05, 0.1) is 0 Å². The molecule has 36 heavy (non-hydrogen) atoms. The van der Waals surface area contributed by atoms with E-state index in [-0.39, 0.29) is 0 Å². The molecule has 0 radical (unpaired) electrons. The van der Waals surface area contributed by atoms with Gasteiger partial charge < -0.3 is 4.90 Å². The smallest absolute Gasteiger partial charge is 0.00187 e. The second kappa shape index (κ2) is 29.5. The Labute approximate surface area is 231 Å². The van der Waals surface area contributed by atoms with Crippen LogP contribution in [0.3, 0.4) is 0 Å². The summed E-state index contributed by atoms with van der Waals surface area (Å²) in [7, 11) is 0. The molecule has 0 aliphatic rings. The van der Waals surface area contributed by atoms with E-state index in [2.05, 4.69) is 39.5 Å². The summed E-state index contributed by atoms with van der Waals surface area (Å²) in [6.07, 6.45) is 36.2. The number of hydrogen-bond donors (Lipinski definition) is 0. The van der Waals surface area contributed by atoms with Crippen molar-refractivity contribution in [3.05, 3.63) is 0 Å². The van der Waals surface area contributed by atoms with Crippen molar-refractivity contribution < 1.29 is 0 Å². The van der Waals surface area contributed by atoms with Gasteiger partial charge in [-0.1, -0.05) is 176 Å². The van der Waals surface area contributed by atoms with Gasteiger partial charge in [0, 0.05) is 0 Å². The minimum Gasteiger partial charge on any atom is -0.303 e. The molecule has 0 bridgehead atoms. The summed E-state index contributed by atoms with van der Waals surface area (Å²) >= 11 is 0. The van der Waals surface area contributed by atoms with Crippen LogP contribution in [0, 0.1) is 11.8 Å². The van der Waals surface area contributed by atoms with E-state index < -0.39 is 0 Å². The molecule has 0 aromatic carbocycles. The molecule has 0 atom stereocenters. The number of rotatable bonds is 30. The molecule has 0 amide bonds. The van der Waals surface area contributed by atoms with Crippen LogP contribution < -0.4 is 0 Å². The van der Waals surface area contributed by atoms with Crippen molar-refractivity contribution in [2.75, 3.05) is 19.6 Å². The fourth-order valence-corrected chi connectivity index (χ4v) is 5.53. The van der Waals surface area contributed by atoms with E-state index in [1.807, 2.05) is 0 Å². The zero-order chi connectivity index (χ0) is 26.5. The Bertz CT molecular complexity index is 358. The zero-order valence-corrected chi connectivity index (χ0v) is 26.4. The van der Waals surface area contributed by atoms with Crippen molar-refractivity contribution in [2.45, 2.75) is 195 Å². The minimum atomic E-state index is 0.889. The molecule has 0 aliphatic carbocycles. The largest absolute Gasteiger partial charge is 0.303 e. The number of nitrogens with zero attached hydrogens (tertiary/aromatic N) is 1. The third kappa shape index (κ3) is 30.2. The highest BCUT2D eigenvalue weighted by molar-refractivity contribution is 4.61. The predicted molar refractivity (Wildman–Crippen MR) is 167 cm³/mol. The highest BCUT2D eigenvalue weighted by atomic mass is 15.1. The van der Waals surface area contributed by atoms with Crippen LogP contribution >= 0.6 is 0 Å². The summed E-state index contributed by atoms with van der Waals surface area (Å²) in [4.78, 5) is 2.83.